The van der Waals surface area contributed by atoms with Crippen molar-refractivity contribution in [3.63, 3.8) is 0 Å². The fraction of sp³-hybridized carbons (Fsp3) is 0.538. The van der Waals surface area contributed by atoms with Crippen LogP contribution in [0.2, 0.25) is 0 Å². The number of hydrogen-bond donors (Lipinski definition) is 2. The summed E-state index contributed by atoms with van der Waals surface area (Å²) in [5.74, 6) is -1.49. The van der Waals surface area contributed by atoms with Crippen LogP contribution in [0.1, 0.15) is 27.7 Å². The van der Waals surface area contributed by atoms with Gasteiger partial charge < -0.3 is 11.1 Å². The number of hydrogen-bond acceptors (Lipinski definition) is 2. The van der Waals surface area contributed by atoms with E-state index in [1.165, 1.54) is 6.07 Å². The lowest BCUT2D eigenvalue weighted by molar-refractivity contribution is 0.274. The highest BCUT2D eigenvalue weighted by Crippen LogP contribution is 2.28. The Morgan fingerprint density at radius 1 is 1.29 bits per heavy atom. The maximum Gasteiger partial charge on any atom is 0.183 e. The Morgan fingerprint density at radius 3 is 2.41 bits per heavy atom. The van der Waals surface area contributed by atoms with Gasteiger partial charge in [-0.3, -0.25) is 0 Å². The molecule has 0 fully saturated rings. The summed E-state index contributed by atoms with van der Waals surface area (Å²) in [5, 5.41) is 2.89. The van der Waals surface area contributed by atoms with Gasteiger partial charge in [-0.1, -0.05) is 27.7 Å². The lowest BCUT2D eigenvalue weighted by atomic mass is 9.82. The quantitative estimate of drug-likeness (QED) is 0.794. The number of benzene rings is 1. The van der Waals surface area contributed by atoms with Crippen molar-refractivity contribution in [2.24, 2.45) is 11.3 Å². The summed E-state index contributed by atoms with van der Waals surface area (Å²) in [6, 6.07) is 2.39. The van der Waals surface area contributed by atoms with E-state index in [1.807, 2.05) is 0 Å². The first-order valence-electron chi connectivity index (χ1n) is 5.71. The smallest absolute Gasteiger partial charge is 0.183 e. The van der Waals surface area contributed by atoms with Crippen LogP contribution < -0.4 is 11.1 Å². The molecule has 3 N–H and O–H groups in total. The van der Waals surface area contributed by atoms with Gasteiger partial charge in [-0.05, 0) is 23.5 Å². The second-order valence-corrected chi connectivity index (χ2v) is 5.47. The third-order valence-corrected chi connectivity index (χ3v) is 3.19. The SMILES string of the molecule is CC(CNc1c(N)ccc(F)c1F)C(C)(C)C. The summed E-state index contributed by atoms with van der Waals surface area (Å²) in [4.78, 5) is 0. The van der Waals surface area contributed by atoms with E-state index in [2.05, 4.69) is 33.0 Å². The highest BCUT2D eigenvalue weighted by atomic mass is 19.2. The van der Waals surface area contributed by atoms with Crippen LogP contribution in [-0.4, -0.2) is 6.54 Å². The molecule has 1 unspecified atom stereocenters. The third kappa shape index (κ3) is 3.32. The lowest BCUT2D eigenvalue weighted by Gasteiger charge is -2.28. The minimum absolute atomic E-state index is 0.0566. The first-order valence-corrected chi connectivity index (χ1v) is 5.71. The van der Waals surface area contributed by atoms with Crippen molar-refractivity contribution in [3.05, 3.63) is 23.8 Å². The molecule has 0 radical (unpaired) electrons. The van der Waals surface area contributed by atoms with E-state index in [0.717, 1.165) is 6.07 Å². The molecule has 1 aromatic carbocycles. The molecule has 17 heavy (non-hydrogen) atoms. The number of nitrogen functional groups attached to an aromatic ring is 1. The monoisotopic (exact) mass is 242 g/mol. The molecular formula is C13H20F2N2. The van der Waals surface area contributed by atoms with Gasteiger partial charge in [-0.25, -0.2) is 8.78 Å². The summed E-state index contributed by atoms with van der Waals surface area (Å²) in [6.45, 7) is 8.91. The first-order chi connectivity index (χ1) is 7.73. The lowest BCUT2D eigenvalue weighted by Crippen LogP contribution is -2.25. The van der Waals surface area contributed by atoms with Crippen LogP contribution in [0.3, 0.4) is 0 Å². The Bertz CT molecular complexity index is 397. The Hall–Kier alpha value is -1.32. The number of nitrogens with one attached hydrogen (secondary N) is 1. The van der Waals surface area contributed by atoms with E-state index in [4.69, 9.17) is 5.73 Å². The highest BCUT2D eigenvalue weighted by Gasteiger charge is 2.20. The number of rotatable bonds is 3. The fourth-order valence-corrected chi connectivity index (χ4v) is 1.31. The Labute approximate surface area is 101 Å². The standard InChI is InChI=1S/C13H20F2N2/c1-8(13(2,3)4)7-17-12-10(16)6-5-9(14)11(12)15/h5-6,8,17H,7,16H2,1-4H3. The average molecular weight is 242 g/mol. The topological polar surface area (TPSA) is 38.0 Å². The van der Waals surface area contributed by atoms with E-state index < -0.39 is 11.6 Å². The zero-order valence-corrected chi connectivity index (χ0v) is 10.8. The van der Waals surface area contributed by atoms with Crippen LogP contribution in [0.4, 0.5) is 20.2 Å². The Balaban J connectivity index is 2.80. The first kappa shape index (κ1) is 13.7. The van der Waals surface area contributed by atoms with Gasteiger partial charge in [0.05, 0.1) is 11.4 Å². The Kier molecular flexibility index (Phi) is 3.96. The maximum absolute atomic E-state index is 13.5. The number of halogens is 2. The molecule has 0 bridgehead atoms. The number of anilines is 2. The van der Waals surface area contributed by atoms with Crippen LogP contribution in [-0.2, 0) is 0 Å². The van der Waals surface area contributed by atoms with E-state index >= 15 is 0 Å². The van der Waals surface area contributed by atoms with Gasteiger partial charge in [0.25, 0.3) is 0 Å². The number of nitrogens with two attached hydrogens (primary N) is 1. The molecule has 1 aromatic rings. The Morgan fingerprint density at radius 2 is 1.88 bits per heavy atom. The van der Waals surface area contributed by atoms with Crippen molar-refractivity contribution < 1.29 is 8.78 Å². The molecule has 1 atom stereocenters. The van der Waals surface area contributed by atoms with Crippen molar-refractivity contribution in [2.75, 3.05) is 17.6 Å². The van der Waals surface area contributed by atoms with E-state index in [1.54, 1.807) is 0 Å². The molecule has 0 aliphatic carbocycles. The summed E-state index contributed by atoms with van der Waals surface area (Å²) >= 11 is 0. The molecule has 0 saturated heterocycles. The average Bonchev–Trinajstić information content (AvgIpc) is 2.22. The van der Waals surface area contributed by atoms with Crippen molar-refractivity contribution in [1.29, 1.82) is 0 Å². The molecule has 2 nitrogen and oxygen atoms in total. The van der Waals surface area contributed by atoms with Crippen LogP contribution in [0.15, 0.2) is 12.1 Å². The van der Waals surface area contributed by atoms with E-state index in [9.17, 15) is 8.78 Å². The summed E-state index contributed by atoms with van der Waals surface area (Å²) < 4.78 is 26.5. The molecule has 1 rings (SSSR count). The second-order valence-electron chi connectivity index (χ2n) is 5.47. The van der Waals surface area contributed by atoms with Crippen LogP contribution >= 0.6 is 0 Å². The molecule has 0 aromatic heterocycles. The maximum atomic E-state index is 13.5. The van der Waals surface area contributed by atoms with E-state index in [-0.39, 0.29) is 16.8 Å². The minimum atomic E-state index is -0.911. The van der Waals surface area contributed by atoms with Crippen molar-refractivity contribution in [3.8, 4) is 0 Å². The molecule has 0 amide bonds. The van der Waals surface area contributed by atoms with Gasteiger partial charge >= 0.3 is 0 Å². The third-order valence-electron chi connectivity index (χ3n) is 3.19. The van der Waals surface area contributed by atoms with Crippen molar-refractivity contribution in [2.45, 2.75) is 27.7 Å². The van der Waals surface area contributed by atoms with Gasteiger partial charge in [0.15, 0.2) is 11.6 Å². The zero-order valence-electron chi connectivity index (χ0n) is 10.8. The molecular weight excluding hydrogens is 222 g/mol. The molecule has 4 heteroatoms. The van der Waals surface area contributed by atoms with Crippen LogP contribution in [0.5, 0.6) is 0 Å². The molecule has 0 aliphatic rings. The van der Waals surface area contributed by atoms with Crippen molar-refractivity contribution in [1.82, 2.24) is 0 Å². The van der Waals surface area contributed by atoms with E-state index in [0.29, 0.717) is 12.5 Å². The molecule has 0 spiro atoms. The van der Waals surface area contributed by atoms with Gasteiger partial charge in [-0.15, -0.1) is 0 Å². The molecule has 0 heterocycles. The second kappa shape index (κ2) is 4.90. The van der Waals surface area contributed by atoms with Gasteiger partial charge in [0.2, 0.25) is 0 Å². The largest absolute Gasteiger partial charge is 0.397 e. The highest BCUT2D eigenvalue weighted by molar-refractivity contribution is 5.66. The summed E-state index contributed by atoms with van der Waals surface area (Å²) in [6.07, 6.45) is 0. The molecule has 0 saturated carbocycles. The fourth-order valence-electron chi connectivity index (χ4n) is 1.31. The molecule has 96 valence electrons. The zero-order chi connectivity index (χ0) is 13.2. The van der Waals surface area contributed by atoms with Crippen LogP contribution in [0, 0.1) is 23.0 Å². The van der Waals surface area contributed by atoms with Gasteiger partial charge in [0.1, 0.15) is 0 Å². The molecule has 0 aliphatic heterocycles. The van der Waals surface area contributed by atoms with Crippen molar-refractivity contribution >= 4 is 11.4 Å². The predicted molar refractivity (Wildman–Crippen MR) is 67.9 cm³/mol. The summed E-state index contributed by atoms with van der Waals surface area (Å²) in [7, 11) is 0. The predicted octanol–water partition coefficient (Wildman–Crippen LogP) is 3.64. The summed E-state index contributed by atoms with van der Waals surface area (Å²) in [5.41, 5.74) is 6.00. The minimum Gasteiger partial charge on any atom is -0.397 e. The van der Waals surface area contributed by atoms with Gasteiger partial charge in [0, 0.05) is 6.54 Å². The normalized spacial score (nSPS) is 13.5. The van der Waals surface area contributed by atoms with Crippen LogP contribution in [0.25, 0.3) is 0 Å². The van der Waals surface area contributed by atoms with Gasteiger partial charge in [-0.2, -0.15) is 0 Å².